The summed E-state index contributed by atoms with van der Waals surface area (Å²) >= 11 is 0. The number of ether oxygens (including phenoxy) is 1. The molecule has 1 aromatic rings. The highest BCUT2D eigenvalue weighted by Gasteiger charge is 2.22. The third kappa shape index (κ3) is 5.93. The van der Waals surface area contributed by atoms with Crippen molar-refractivity contribution in [2.24, 2.45) is 0 Å². The van der Waals surface area contributed by atoms with E-state index in [1.807, 2.05) is 13.8 Å². The molecule has 138 valence electrons. The average Bonchev–Trinajstić information content (AvgIpc) is 2.42. The van der Waals surface area contributed by atoms with E-state index in [2.05, 4.69) is 4.72 Å². The van der Waals surface area contributed by atoms with Gasteiger partial charge < -0.3 is 4.74 Å². The minimum absolute atomic E-state index is 0.0512. The van der Waals surface area contributed by atoms with Gasteiger partial charge in [0, 0.05) is 27.2 Å². The molecule has 0 aromatic heterocycles. The zero-order valence-corrected chi connectivity index (χ0v) is 16.2. The van der Waals surface area contributed by atoms with Gasteiger partial charge in [-0.2, -0.15) is 12.7 Å². The zero-order chi connectivity index (χ0) is 18.5. The molecule has 8 nitrogen and oxygen atoms in total. The van der Waals surface area contributed by atoms with E-state index < -0.39 is 20.2 Å². The van der Waals surface area contributed by atoms with E-state index in [0.717, 1.165) is 14.9 Å². The molecular formula is C14H25N3O5S2. The number of rotatable bonds is 9. The van der Waals surface area contributed by atoms with E-state index in [9.17, 15) is 16.8 Å². The quantitative estimate of drug-likeness (QED) is 0.679. The molecule has 10 heteroatoms. The number of para-hydroxylation sites is 2. The maximum absolute atomic E-state index is 12.1. The molecule has 1 rings (SSSR count). The molecule has 0 saturated heterocycles. The third-order valence-corrected chi connectivity index (χ3v) is 5.69. The molecule has 0 heterocycles. The first-order valence-electron chi connectivity index (χ1n) is 7.35. The number of nitrogens with zero attached hydrogens (tertiary/aromatic N) is 2. The Morgan fingerprint density at radius 3 is 2.21 bits per heavy atom. The standard InChI is InChI=1S/C14H25N3O5S2/c1-12(2)22-14-9-7-6-8-13(14)17(23(5,18)19)11-10-15-24(20,21)16(3)4/h6-9,12,15H,10-11H2,1-5H3. The number of sulfonamides is 1. The Bertz CT molecular complexity index is 745. The lowest BCUT2D eigenvalue weighted by molar-refractivity contribution is 0.243. The normalized spacial score (nSPS) is 12.6. The van der Waals surface area contributed by atoms with Gasteiger partial charge in [-0.25, -0.2) is 13.1 Å². The van der Waals surface area contributed by atoms with Gasteiger partial charge in [0.2, 0.25) is 10.0 Å². The van der Waals surface area contributed by atoms with Gasteiger partial charge in [0.15, 0.2) is 0 Å². The van der Waals surface area contributed by atoms with Crippen LogP contribution in [0, 0.1) is 0 Å². The molecule has 1 aromatic carbocycles. The van der Waals surface area contributed by atoms with Crippen molar-refractivity contribution in [3.05, 3.63) is 24.3 Å². The molecule has 0 amide bonds. The highest BCUT2D eigenvalue weighted by atomic mass is 32.2. The maximum Gasteiger partial charge on any atom is 0.278 e. The Labute approximate surface area is 144 Å². The second kappa shape index (κ2) is 8.15. The Hall–Kier alpha value is -1.36. The lowest BCUT2D eigenvalue weighted by atomic mass is 10.3. The van der Waals surface area contributed by atoms with Gasteiger partial charge in [0.05, 0.1) is 18.0 Å². The van der Waals surface area contributed by atoms with E-state index in [1.54, 1.807) is 24.3 Å². The van der Waals surface area contributed by atoms with Crippen LogP contribution < -0.4 is 13.8 Å². The van der Waals surface area contributed by atoms with Crippen molar-refractivity contribution in [1.29, 1.82) is 0 Å². The minimum Gasteiger partial charge on any atom is -0.489 e. The van der Waals surface area contributed by atoms with Gasteiger partial charge in [-0.3, -0.25) is 4.31 Å². The van der Waals surface area contributed by atoms with E-state index in [0.29, 0.717) is 11.4 Å². The molecule has 0 fully saturated rings. The van der Waals surface area contributed by atoms with Crippen LogP contribution in [0.5, 0.6) is 5.75 Å². The van der Waals surface area contributed by atoms with Gasteiger partial charge in [0.1, 0.15) is 5.75 Å². The van der Waals surface area contributed by atoms with Crippen molar-refractivity contribution in [2.75, 3.05) is 37.7 Å². The van der Waals surface area contributed by atoms with Crippen molar-refractivity contribution in [2.45, 2.75) is 20.0 Å². The van der Waals surface area contributed by atoms with E-state index in [-0.39, 0.29) is 19.2 Å². The van der Waals surface area contributed by atoms with Crippen molar-refractivity contribution in [3.8, 4) is 5.75 Å². The summed E-state index contributed by atoms with van der Waals surface area (Å²) in [6.07, 6.45) is 0.944. The Morgan fingerprint density at radius 2 is 1.71 bits per heavy atom. The fraction of sp³-hybridized carbons (Fsp3) is 0.571. The monoisotopic (exact) mass is 379 g/mol. The lowest BCUT2D eigenvalue weighted by Gasteiger charge is -2.25. The summed E-state index contributed by atoms with van der Waals surface area (Å²) in [6.45, 7) is 3.56. The number of anilines is 1. The molecule has 0 aliphatic heterocycles. The number of benzene rings is 1. The summed E-state index contributed by atoms with van der Waals surface area (Å²) in [5, 5.41) is 0. The summed E-state index contributed by atoms with van der Waals surface area (Å²) in [6, 6.07) is 6.75. The van der Waals surface area contributed by atoms with Gasteiger partial charge >= 0.3 is 0 Å². The lowest BCUT2D eigenvalue weighted by Crippen LogP contribution is -2.42. The predicted molar refractivity (Wildman–Crippen MR) is 95.0 cm³/mol. The summed E-state index contributed by atoms with van der Waals surface area (Å²) in [7, 11) is -4.45. The van der Waals surface area contributed by atoms with Crippen molar-refractivity contribution >= 4 is 25.9 Å². The Balaban J connectivity index is 3.05. The van der Waals surface area contributed by atoms with Gasteiger partial charge in [-0.1, -0.05) is 12.1 Å². The van der Waals surface area contributed by atoms with Crippen molar-refractivity contribution in [1.82, 2.24) is 9.03 Å². The summed E-state index contributed by atoms with van der Waals surface area (Å²) in [5.41, 5.74) is 0.373. The summed E-state index contributed by atoms with van der Waals surface area (Å²) in [4.78, 5) is 0. The topological polar surface area (TPSA) is 96.0 Å². The van der Waals surface area contributed by atoms with Crippen molar-refractivity contribution in [3.63, 3.8) is 0 Å². The summed E-state index contributed by atoms with van der Waals surface area (Å²) < 4.78 is 57.9. The molecule has 0 aliphatic rings. The molecule has 0 saturated carbocycles. The first kappa shape index (κ1) is 20.7. The highest BCUT2D eigenvalue weighted by molar-refractivity contribution is 7.92. The fourth-order valence-corrected chi connectivity index (χ4v) is 3.43. The molecule has 0 radical (unpaired) electrons. The van der Waals surface area contributed by atoms with Gasteiger partial charge in [-0.15, -0.1) is 0 Å². The molecule has 1 N–H and O–H groups in total. The fourth-order valence-electron chi connectivity index (χ4n) is 1.89. The second-order valence-corrected chi connectivity index (χ2v) is 9.53. The number of hydrogen-bond acceptors (Lipinski definition) is 5. The van der Waals surface area contributed by atoms with E-state index in [4.69, 9.17) is 4.74 Å². The first-order chi connectivity index (χ1) is 10.9. The SMILES string of the molecule is CC(C)Oc1ccccc1N(CCNS(=O)(=O)N(C)C)S(C)(=O)=O. The molecule has 0 bridgehead atoms. The van der Waals surface area contributed by atoms with Gasteiger partial charge in [-0.05, 0) is 26.0 Å². The van der Waals surface area contributed by atoms with Crippen LogP contribution in [0.15, 0.2) is 24.3 Å². The van der Waals surface area contributed by atoms with Crippen LogP contribution in [0.3, 0.4) is 0 Å². The predicted octanol–water partition coefficient (Wildman–Crippen LogP) is 0.636. The molecule has 0 spiro atoms. The van der Waals surface area contributed by atoms with Crippen LogP contribution in [0.25, 0.3) is 0 Å². The van der Waals surface area contributed by atoms with Crippen molar-refractivity contribution < 1.29 is 21.6 Å². The molecule has 0 atom stereocenters. The number of hydrogen-bond donors (Lipinski definition) is 1. The Kier molecular flexibility index (Phi) is 7.02. The highest BCUT2D eigenvalue weighted by Crippen LogP contribution is 2.30. The number of nitrogens with one attached hydrogen (secondary N) is 1. The molecule has 24 heavy (non-hydrogen) atoms. The van der Waals surface area contributed by atoms with Crippen LogP contribution >= 0.6 is 0 Å². The van der Waals surface area contributed by atoms with Crippen LogP contribution in [-0.4, -0.2) is 60.7 Å². The largest absolute Gasteiger partial charge is 0.489 e. The van der Waals surface area contributed by atoms with Crippen LogP contribution in [-0.2, 0) is 20.2 Å². The average molecular weight is 380 g/mol. The van der Waals surface area contributed by atoms with Crippen LogP contribution in [0.4, 0.5) is 5.69 Å². The smallest absolute Gasteiger partial charge is 0.278 e. The molecule has 0 aliphatic carbocycles. The van der Waals surface area contributed by atoms with E-state index in [1.165, 1.54) is 14.1 Å². The second-order valence-electron chi connectivity index (χ2n) is 5.65. The summed E-state index contributed by atoms with van der Waals surface area (Å²) in [5.74, 6) is 0.424. The molecule has 0 unspecified atom stereocenters. The van der Waals surface area contributed by atoms with E-state index >= 15 is 0 Å². The van der Waals surface area contributed by atoms with Crippen LogP contribution in [0.2, 0.25) is 0 Å². The Morgan fingerprint density at radius 1 is 1.12 bits per heavy atom. The maximum atomic E-state index is 12.1. The first-order valence-corrected chi connectivity index (χ1v) is 10.6. The van der Waals surface area contributed by atoms with Crippen LogP contribution in [0.1, 0.15) is 13.8 Å². The minimum atomic E-state index is -3.62. The van der Waals surface area contributed by atoms with Gasteiger partial charge in [0.25, 0.3) is 10.2 Å². The third-order valence-electron chi connectivity index (χ3n) is 2.98. The zero-order valence-electron chi connectivity index (χ0n) is 14.6. The molecular weight excluding hydrogens is 354 g/mol.